The summed E-state index contributed by atoms with van der Waals surface area (Å²) >= 11 is 0. The van der Waals surface area contributed by atoms with Crippen molar-refractivity contribution in [3.05, 3.63) is 60.8 Å². The minimum atomic E-state index is -0.804. The number of carbonyl (C=O) groups excluding carboxylic acids is 2. The van der Waals surface area contributed by atoms with Crippen molar-refractivity contribution >= 4 is 11.9 Å². The number of esters is 1. The second kappa shape index (κ2) is 51.5. The Morgan fingerprint density at radius 2 is 0.812 bits per heavy atom. The summed E-state index contributed by atoms with van der Waals surface area (Å²) in [6, 6.07) is -0.721. The lowest BCUT2D eigenvalue weighted by Gasteiger charge is -2.24. The van der Waals surface area contributed by atoms with Gasteiger partial charge in [-0.15, -0.1) is 0 Å². The first-order chi connectivity index (χ1) is 31.5. The van der Waals surface area contributed by atoms with Gasteiger partial charge in [-0.05, 0) is 89.9 Å². The van der Waals surface area contributed by atoms with Crippen LogP contribution in [0.5, 0.6) is 0 Å². The first kappa shape index (κ1) is 61.6. The van der Waals surface area contributed by atoms with Gasteiger partial charge in [-0.25, -0.2) is 0 Å². The van der Waals surface area contributed by atoms with Crippen molar-refractivity contribution in [3.63, 3.8) is 0 Å². The minimum Gasteiger partial charge on any atom is -0.462 e. The maximum atomic E-state index is 13.2. The summed E-state index contributed by atoms with van der Waals surface area (Å²) in [7, 11) is 0. The molecule has 0 radical (unpaired) electrons. The number of unbranched alkanes of at least 4 members (excludes halogenated alkanes) is 27. The van der Waals surface area contributed by atoms with Gasteiger partial charge in [0.2, 0.25) is 5.91 Å². The number of aliphatic hydroxyl groups excluding tert-OH is 2. The summed E-state index contributed by atoms with van der Waals surface area (Å²) in [6.45, 7) is 6.44. The van der Waals surface area contributed by atoms with Gasteiger partial charge in [0.25, 0.3) is 0 Å². The Morgan fingerprint density at radius 3 is 1.28 bits per heavy atom. The van der Waals surface area contributed by atoms with Crippen molar-refractivity contribution in [3.8, 4) is 0 Å². The summed E-state index contributed by atoms with van der Waals surface area (Å²) in [5.74, 6) is -0.534. The van der Waals surface area contributed by atoms with Crippen LogP contribution in [0.4, 0.5) is 0 Å². The minimum absolute atomic E-state index is 0.0362. The third-order valence-electron chi connectivity index (χ3n) is 12.3. The number of hydrogen-bond acceptors (Lipinski definition) is 5. The average molecular weight is 896 g/mol. The van der Waals surface area contributed by atoms with Crippen LogP contribution in [-0.2, 0) is 14.3 Å². The van der Waals surface area contributed by atoms with E-state index < -0.39 is 18.2 Å². The van der Waals surface area contributed by atoms with Crippen LogP contribution < -0.4 is 5.32 Å². The Hall–Kier alpha value is -2.44. The molecule has 0 bridgehead atoms. The highest BCUT2D eigenvalue weighted by molar-refractivity contribution is 5.77. The van der Waals surface area contributed by atoms with Crippen molar-refractivity contribution in [1.82, 2.24) is 5.32 Å². The summed E-state index contributed by atoms with van der Waals surface area (Å²) in [4.78, 5) is 26.2. The number of aliphatic hydroxyl groups is 2. The van der Waals surface area contributed by atoms with Gasteiger partial charge in [-0.1, -0.05) is 229 Å². The molecule has 0 aromatic rings. The number of rotatable bonds is 49. The highest BCUT2D eigenvalue weighted by Crippen LogP contribution is 2.17. The fourth-order valence-electron chi connectivity index (χ4n) is 8.12. The van der Waals surface area contributed by atoms with Crippen LogP contribution in [0.25, 0.3) is 0 Å². The van der Waals surface area contributed by atoms with Gasteiger partial charge >= 0.3 is 5.97 Å². The van der Waals surface area contributed by atoms with Gasteiger partial charge in [-0.3, -0.25) is 9.59 Å². The molecule has 0 aromatic carbocycles. The zero-order valence-corrected chi connectivity index (χ0v) is 42.4. The molecule has 3 atom stereocenters. The maximum absolute atomic E-state index is 13.2. The number of ether oxygens (including phenoxy) is 1. The SMILES string of the molecule is CCCCC/C=C\C/C=C\C/C=C\C/C=C\CCCC(CC(=O)NC(CO)C(O)CCCCCCCCCCCC)OC(=O)CCCCCCC/C=C/CCCCCCCCCCC. The first-order valence-corrected chi connectivity index (χ1v) is 27.5. The predicted molar refractivity (Wildman–Crippen MR) is 278 cm³/mol. The molecule has 0 aliphatic carbocycles. The molecule has 0 rings (SSSR count). The van der Waals surface area contributed by atoms with E-state index in [9.17, 15) is 19.8 Å². The number of amides is 1. The lowest BCUT2D eigenvalue weighted by atomic mass is 10.0. The Labute approximate surface area is 397 Å². The molecule has 3 unspecified atom stereocenters. The molecule has 0 heterocycles. The van der Waals surface area contributed by atoms with E-state index >= 15 is 0 Å². The Morgan fingerprint density at radius 1 is 0.453 bits per heavy atom. The number of hydrogen-bond donors (Lipinski definition) is 3. The standard InChI is InChI=1S/C58H105NO5/c1-4-7-10-13-16-19-22-24-26-28-30-32-34-36-39-42-45-48-51-58(63)64-54(49-46-43-40-37-35-33-31-29-27-25-23-20-17-14-11-8-5-2)52-57(62)59-55(53-60)56(61)50-47-44-41-38-21-18-15-12-9-6-3/h17,20,25,27,30-33,37,40,54-56,60-61H,4-16,18-19,21-24,26,28-29,34-36,38-39,41-53H2,1-3H3,(H,59,62)/b20-17-,27-25-,32-30+,33-31-,40-37-. The van der Waals surface area contributed by atoms with Crippen molar-refractivity contribution in [2.45, 2.75) is 289 Å². The normalized spacial score (nSPS) is 13.6. The molecule has 3 N–H and O–H groups in total. The van der Waals surface area contributed by atoms with E-state index in [1.165, 1.54) is 148 Å². The van der Waals surface area contributed by atoms with Crippen molar-refractivity contribution in [2.75, 3.05) is 6.61 Å². The highest BCUT2D eigenvalue weighted by atomic mass is 16.5. The largest absolute Gasteiger partial charge is 0.462 e. The van der Waals surface area contributed by atoms with E-state index in [1.807, 2.05) is 0 Å². The molecular formula is C58H105NO5. The topological polar surface area (TPSA) is 95.9 Å². The molecule has 0 saturated heterocycles. The molecule has 0 saturated carbocycles. The zero-order valence-electron chi connectivity index (χ0n) is 42.4. The lowest BCUT2D eigenvalue weighted by Crippen LogP contribution is -2.46. The molecule has 6 heteroatoms. The van der Waals surface area contributed by atoms with Crippen LogP contribution >= 0.6 is 0 Å². The molecule has 64 heavy (non-hydrogen) atoms. The maximum Gasteiger partial charge on any atom is 0.306 e. The molecule has 0 spiro atoms. The van der Waals surface area contributed by atoms with Crippen molar-refractivity contribution in [1.29, 1.82) is 0 Å². The van der Waals surface area contributed by atoms with E-state index in [-0.39, 0.29) is 24.9 Å². The van der Waals surface area contributed by atoms with Gasteiger partial charge in [0, 0.05) is 6.42 Å². The van der Waals surface area contributed by atoms with Crippen molar-refractivity contribution in [2.24, 2.45) is 0 Å². The Kier molecular flexibility index (Phi) is 49.6. The molecule has 0 fully saturated rings. The number of allylic oxidation sites excluding steroid dienone is 10. The van der Waals surface area contributed by atoms with Crippen LogP contribution in [0.3, 0.4) is 0 Å². The van der Waals surface area contributed by atoms with E-state index in [2.05, 4.69) is 86.8 Å². The van der Waals surface area contributed by atoms with Crippen LogP contribution in [0.2, 0.25) is 0 Å². The van der Waals surface area contributed by atoms with E-state index in [1.54, 1.807) is 0 Å². The first-order valence-electron chi connectivity index (χ1n) is 27.5. The second-order valence-electron chi connectivity index (χ2n) is 18.6. The van der Waals surface area contributed by atoms with E-state index in [0.29, 0.717) is 19.3 Å². The van der Waals surface area contributed by atoms with Gasteiger partial charge in [0.15, 0.2) is 0 Å². The monoisotopic (exact) mass is 896 g/mol. The number of nitrogens with one attached hydrogen (secondary N) is 1. The smallest absolute Gasteiger partial charge is 0.306 e. The Bertz CT molecular complexity index is 1140. The van der Waals surface area contributed by atoms with Crippen LogP contribution in [0, 0.1) is 0 Å². The van der Waals surface area contributed by atoms with Gasteiger partial charge in [0.1, 0.15) is 6.10 Å². The number of carbonyl (C=O) groups is 2. The third-order valence-corrected chi connectivity index (χ3v) is 12.3. The van der Waals surface area contributed by atoms with Crippen LogP contribution in [0.15, 0.2) is 60.8 Å². The Balaban J connectivity index is 4.66. The molecule has 0 aliphatic rings. The molecule has 6 nitrogen and oxygen atoms in total. The third kappa shape index (κ3) is 46.1. The average Bonchev–Trinajstić information content (AvgIpc) is 3.29. The fraction of sp³-hybridized carbons (Fsp3) is 0.793. The summed E-state index contributed by atoms with van der Waals surface area (Å²) in [5, 5.41) is 23.7. The summed E-state index contributed by atoms with van der Waals surface area (Å²) in [5.41, 5.74) is 0. The molecule has 0 aliphatic heterocycles. The van der Waals surface area contributed by atoms with Gasteiger partial charge in [-0.2, -0.15) is 0 Å². The van der Waals surface area contributed by atoms with E-state index in [0.717, 1.165) is 77.0 Å². The molecule has 0 aromatic heterocycles. The van der Waals surface area contributed by atoms with Crippen LogP contribution in [0.1, 0.15) is 271 Å². The molecule has 372 valence electrons. The predicted octanol–water partition coefficient (Wildman–Crippen LogP) is 16.8. The summed E-state index contributed by atoms with van der Waals surface area (Å²) in [6.07, 6.45) is 64.3. The fourth-order valence-corrected chi connectivity index (χ4v) is 8.12. The second-order valence-corrected chi connectivity index (χ2v) is 18.6. The van der Waals surface area contributed by atoms with E-state index in [4.69, 9.17) is 4.74 Å². The highest BCUT2D eigenvalue weighted by Gasteiger charge is 2.24. The van der Waals surface area contributed by atoms with Gasteiger partial charge in [0.05, 0.1) is 25.2 Å². The zero-order chi connectivity index (χ0) is 46.7. The van der Waals surface area contributed by atoms with Crippen molar-refractivity contribution < 1.29 is 24.5 Å². The summed E-state index contributed by atoms with van der Waals surface area (Å²) < 4.78 is 5.92. The lowest BCUT2D eigenvalue weighted by molar-refractivity contribution is -0.151. The molecule has 1 amide bonds. The quantitative estimate of drug-likeness (QED) is 0.0321. The van der Waals surface area contributed by atoms with Crippen LogP contribution in [-0.4, -0.2) is 46.9 Å². The molecular weight excluding hydrogens is 791 g/mol. The van der Waals surface area contributed by atoms with Gasteiger partial charge < -0.3 is 20.3 Å².